The molecule has 0 bridgehead atoms. The van der Waals surface area contributed by atoms with Gasteiger partial charge < -0.3 is 0 Å². The summed E-state index contributed by atoms with van der Waals surface area (Å²) < 4.78 is 0.723. The molecule has 0 aliphatic carbocycles. The highest BCUT2D eigenvalue weighted by atomic mass is 35.5. The molecule has 0 atom stereocenters. The minimum Gasteiger partial charge on any atom is -0.266 e. The van der Waals surface area contributed by atoms with Crippen LogP contribution in [0.2, 0.25) is 25.1 Å². The maximum absolute atomic E-state index is 12.3. The van der Waals surface area contributed by atoms with Crippen LogP contribution in [0.5, 0.6) is 0 Å². The first kappa shape index (κ1) is 18.8. The molecule has 0 fully saturated rings. The van der Waals surface area contributed by atoms with Crippen molar-refractivity contribution in [2.75, 3.05) is 0 Å². The molecule has 2 aromatic carbocycles. The van der Waals surface area contributed by atoms with Gasteiger partial charge in [-0.1, -0.05) is 64.1 Å². The van der Waals surface area contributed by atoms with Crippen LogP contribution in [0.15, 0.2) is 35.4 Å². The van der Waals surface area contributed by atoms with E-state index in [-0.39, 0.29) is 5.02 Å². The fourth-order valence-electron chi connectivity index (χ4n) is 2.07. The van der Waals surface area contributed by atoms with Gasteiger partial charge in [-0.15, -0.1) is 11.3 Å². The van der Waals surface area contributed by atoms with E-state index in [1.54, 1.807) is 30.3 Å². The van der Waals surface area contributed by atoms with Crippen molar-refractivity contribution in [3.8, 4) is 0 Å². The summed E-state index contributed by atoms with van der Waals surface area (Å²) in [4.78, 5) is 12.6. The lowest BCUT2D eigenvalue weighted by Gasteiger charge is -1.99. The van der Waals surface area contributed by atoms with Gasteiger partial charge in [-0.2, -0.15) is 5.10 Å². The molecule has 3 rings (SSSR count). The van der Waals surface area contributed by atoms with Gasteiger partial charge in [-0.3, -0.25) is 4.79 Å². The van der Waals surface area contributed by atoms with Crippen molar-refractivity contribution in [3.63, 3.8) is 0 Å². The number of hydrogen-bond acceptors (Lipinski definition) is 3. The molecule has 0 unspecified atom stereocenters. The van der Waals surface area contributed by atoms with Crippen molar-refractivity contribution in [1.82, 2.24) is 5.43 Å². The van der Waals surface area contributed by atoms with Crippen LogP contribution in [-0.4, -0.2) is 12.1 Å². The summed E-state index contributed by atoms with van der Waals surface area (Å²) in [5.41, 5.74) is 3.11. The summed E-state index contributed by atoms with van der Waals surface area (Å²) in [6.45, 7) is 0. The zero-order valence-corrected chi connectivity index (χ0v) is 16.7. The summed E-state index contributed by atoms with van der Waals surface area (Å²) in [7, 11) is 0. The van der Waals surface area contributed by atoms with Gasteiger partial charge in [0.1, 0.15) is 4.88 Å². The van der Waals surface area contributed by atoms with E-state index >= 15 is 0 Å². The lowest BCUT2D eigenvalue weighted by atomic mass is 10.2. The number of hydrogen-bond donors (Lipinski definition) is 1. The van der Waals surface area contributed by atoms with Gasteiger partial charge in [0, 0.05) is 15.1 Å². The van der Waals surface area contributed by atoms with Crippen LogP contribution in [0.25, 0.3) is 10.1 Å². The average molecular weight is 453 g/mol. The van der Waals surface area contributed by atoms with E-state index in [1.165, 1.54) is 17.6 Å². The quantitative estimate of drug-likeness (QED) is 0.340. The number of hydrazone groups is 1. The van der Waals surface area contributed by atoms with Gasteiger partial charge in [0.2, 0.25) is 0 Å². The Labute approximate surface area is 172 Å². The van der Waals surface area contributed by atoms with Crippen molar-refractivity contribution in [1.29, 1.82) is 0 Å². The molecule has 0 aliphatic rings. The normalized spacial score (nSPS) is 11.4. The molecule has 25 heavy (non-hydrogen) atoms. The molecule has 0 radical (unpaired) electrons. The number of amides is 1. The second-order valence-electron chi connectivity index (χ2n) is 4.88. The molecule has 128 valence electrons. The number of carbonyl (C=O) groups excluding carboxylic acids is 1. The third kappa shape index (κ3) is 4.05. The molecule has 0 spiro atoms. The smallest absolute Gasteiger partial charge is 0.266 e. The standard InChI is InChI=1S/C16H7Cl5N2OS/c17-8-4-11(20)13-12(5-8)25-15(14(13)21)16(24)23-22-6-7-1-2-9(18)10(19)3-7/h1-6H,(H,23,24)/b22-6+. The third-order valence-electron chi connectivity index (χ3n) is 3.18. The minimum atomic E-state index is -0.449. The molecular weight excluding hydrogens is 446 g/mol. The van der Waals surface area contributed by atoms with Crippen LogP contribution in [-0.2, 0) is 0 Å². The van der Waals surface area contributed by atoms with Crippen molar-refractivity contribution >= 4 is 91.5 Å². The maximum Gasteiger partial charge on any atom is 0.283 e. The number of fused-ring (bicyclic) bond motifs is 1. The summed E-state index contributed by atoms with van der Waals surface area (Å²) in [5.74, 6) is -0.449. The topological polar surface area (TPSA) is 41.5 Å². The Morgan fingerprint density at radius 1 is 1.00 bits per heavy atom. The Morgan fingerprint density at radius 2 is 1.76 bits per heavy atom. The van der Waals surface area contributed by atoms with Crippen LogP contribution in [0, 0.1) is 0 Å². The molecule has 1 aromatic heterocycles. The first-order chi connectivity index (χ1) is 11.9. The molecule has 3 nitrogen and oxygen atoms in total. The van der Waals surface area contributed by atoms with Crippen LogP contribution in [0.4, 0.5) is 0 Å². The summed E-state index contributed by atoms with van der Waals surface area (Å²) in [6.07, 6.45) is 1.45. The molecule has 9 heteroatoms. The predicted molar refractivity (Wildman–Crippen MR) is 108 cm³/mol. The Bertz CT molecular complexity index is 1020. The van der Waals surface area contributed by atoms with E-state index in [0.717, 1.165) is 4.70 Å². The van der Waals surface area contributed by atoms with E-state index in [1.807, 2.05) is 0 Å². The van der Waals surface area contributed by atoms with Gasteiger partial charge in [0.05, 0.1) is 26.3 Å². The van der Waals surface area contributed by atoms with Gasteiger partial charge in [-0.05, 0) is 29.8 Å². The van der Waals surface area contributed by atoms with Crippen LogP contribution >= 0.6 is 69.3 Å². The fraction of sp³-hybridized carbons (Fsp3) is 0. The zero-order valence-electron chi connectivity index (χ0n) is 12.1. The first-order valence-corrected chi connectivity index (χ1v) is 9.43. The third-order valence-corrected chi connectivity index (χ3v) is 6.06. The number of carbonyl (C=O) groups is 1. The van der Waals surface area contributed by atoms with E-state index in [9.17, 15) is 4.79 Å². The lowest BCUT2D eigenvalue weighted by molar-refractivity contribution is 0.0959. The number of thiophene rings is 1. The summed E-state index contributed by atoms with van der Waals surface area (Å²) in [6, 6.07) is 8.27. The average Bonchev–Trinajstić information content (AvgIpc) is 2.87. The van der Waals surface area contributed by atoms with Gasteiger partial charge in [0.15, 0.2) is 0 Å². The lowest BCUT2D eigenvalue weighted by Crippen LogP contribution is -2.16. The van der Waals surface area contributed by atoms with E-state index in [0.29, 0.717) is 35.9 Å². The number of benzene rings is 2. The van der Waals surface area contributed by atoms with Gasteiger partial charge in [0.25, 0.3) is 5.91 Å². The predicted octanol–water partition coefficient (Wildman–Crippen LogP) is 6.93. The van der Waals surface area contributed by atoms with E-state index in [4.69, 9.17) is 58.0 Å². The molecular formula is C16H7Cl5N2OS. The Balaban J connectivity index is 1.83. The van der Waals surface area contributed by atoms with Crippen molar-refractivity contribution < 1.29 is 4.79 Å². The molecule has 0 saturated carbocycles. The Morgan fingerprint density at radius 3 is 2.48 bits per heavy atom. The molecule has 3 aromatic rings. The minimum absolute atomic E-state index is 0.268. The SMILES string of the molecule is O=C(N/N=C/c1ccc(Cl)c(Cl)c1)c1sc2cc(Cl)cc(Cl)c2c1Cl. The second kappa shape index (κ2) is 7.70. The fourth-order valence-corrected chi connectivity index (χ4v) is 4.64. The number of rotatable bonds is 3. The number of nitrogens with one attached hydrogen (secondary N) is 1. The molecule has 0 saturated heterocycles. The second-order valence-corrected chi connectivity index (χ2v) is 7.97. The highest BCUT2D eigenvalue weighted by Gasteiger charge is 2.19. The number of nitrogens with zero attached hydrogens (tertiary/aromatic N) is 1. The largest absolute Gasteiger partial charge is 0.283 e. The summed E-state index contributed by atoms with van der Waals surface area (Å²) >= 11 is 31.4. The Kier molecular flexibility index (Phi) is 5.78. The van der Waals surface area contributed by atoms with Crippen LogP contribution < -0.4 is 5.43 Å². The highest BCUT2D eigenvalue weighted by Crippen LogP contribution is 2.41. The molecule has 0 aliphatic heterocycles. The van der Waals surface area contributed by atoms with Gasteiger partial charge >= 0.3 is 0 Å². The van der Waals surface area contributed by atoms with Crippen molar-refractivity contribution in [2.45, 2.75) is 0 Å². The maximum atomic E-state index is 12.3. The number of halogens is 5. The van der Waals surface area contributed by atoms with Gasteiger partial charge in [-0.25, -0.2) is 5.43 Å². The first-order valence-electron chi connectivity index (χ1n) is 6.72. The zero-order chi connectivity index (χ0) is 18.1. The van der Waals surface area contributed by atoms with Crippen molar-refractivity contribution in [3.05, 3.63) is 65.9 Å². The highest BCUT2D eigenvalue weighted by molar-refractivity contribution is 7.21. The molecule has 1 heterocycles. The van der Waals surface area contributed by atoms with Crippen LogP contribution in [0.1, 0.15) is 15.2 Å². The van der Waals surface area contributed by atoms with Crippen LogP contribution in [0.3, 0.4) is 0 Å². The Hall–Kier alpha value is -1.01. The van der Waals surface area contributed by atoms with E-state index in [2.05, 4.69) is 10.5 Å². The monoisotopic (exact) mass is 450 g/mol. The molecule has 1 N–H and O–H groups in total. The van der Waals surface area contributed by atoms with Crippen molar-refractivity contribution in [2.24, 2.45) is 5.10 Å². The van der Waals surface area contributed by atoms with E-state index < -0.39 is 5.91 Å². The summed E-state index contributed by atoms with van der Waals surface area (Å²) in [5, 5.41) is 6.47. The molecule has 1 amide bonds.